The number of hydrogen-bond donors (Lipinski definition) is 1. The molecular formula is C7H3ClF2N2O4. The van der Waals surface area contributed by atoms with Gasteiger partial charge in [-0.1, -0.05) is 11.6 Å². The lowest BCUT2D eigenvalue weighted by Gasteiger charge is -2.04. The van der Waals surface area contributed by atoms with Gasteiger partial charge >= 0.3 is 11.7 Å². The average molecular weight is 253 g/mol. The van der Waals surface area contributed by atoms with Gasteiger partial charge in [0.1, 0.15) is 10.7 Å². The molecule has 0 unspecified atom stereocenters. The fourth-order valence-electron chi connectivity index (χ4n) is 0.979. The fourth-order valence-corrected chi connectivity index (χ4v) is 1.28. The van der Waals surface area contributed by atoms with Gasteiger partial charge in [-0.2, -0.15) is 0 Å². The van der Waals surface area contributed by atoms with Crippen molar-refractivity contribution in [2.24, 2.45) is 0 Å². The number of rotatable bonds is 3. The van der Waals surface area contributed by atoms with Gasteiger partial charge in [0.25, 0.3) is 6.43 Å². The van der Waals surface area contributed by atoms with E-state index >= 15 is 0 Å². The minimum absolute atomic E-state index is 0.480. The van der Waals surface area contributed by atoms with Crippen molar-refractivity contribution in [1.82, 2.24) is 4.98 Å². The highest BCUT2D eigenvalue weighted by Crippen LogP contribution is 2.34. The molecule has 0 bridgehead atoms. The number of carboxylic acid groups (broad SMARTS) is 1. The summed E-state index contributed by atoms with van der Waals surface area (Å²) in [6.45, 7) is 0. The summed E-state index contributed by atoms with van der Waals surface area (Å²) < 4.78 is 24.6. The molecule has 1 N–H and O–H groups in total. The minimum Gasteiger partial charge on any atom is -0.477 e. The number of nitrogens with zero attached hydrogens (tertiary/aromatic N) is 2. The predicted molar refractivity (Wildman–Crippen MR) is 47.8 cm³/mol. The van der Waals surface area contributed by atoms with Gasteiger partial charge in [0, 0.05) is 6.20 Å². The SMILES string of the molecule is O=C(O)c1cnc(C(F)F)c(Cl)c1[N+](=O)[O-]. The first kappa shape index (κ1) is 12.2. The Kier molecular flexibility index (Phi) is 3.33. The molecule has 9 heteroatoms. The number of halogens is 3. The van der Waals surface area contributed by atoms with Gasteiger partial charge in [0.2, 0.25) is 0 Å². The van der Waals surface area contributed by atoms with E-state index < -0.39 is 39.3 Å². The number of aromatic carboxylic acids is 1. The highest BCUT2D eigenvalue weighted by Gasteiger charge is 2.30. The third-order valence-corrected chi connectivity index (χ3v) is 2.01. The standard InChI is InChI=1S/C7H3ClF2N2O4/c8-3-4(6(9)10)11-1-2(7(13)14)5(3)12(15)16/h1,6H,(H,13,14). The predicted octanol–water partition coefficient (Wildman–Crippen LogP) is 2.28. The molecular weight excluding hydrogens is 250 g/mol. The summed E-state index contributed by atoms with van der Waals surface area (Å²) in [7, 11) is 0. The Morgan fingerprint density at radius 1 is 1.62 bits per heavy atom. The lowest BCUT2D eigenvalue weighted by Crippen LogP contribution is -2.07. The Balaban J connectivity index is 3.54. The number of nitro groups is 1. The molecule has 0 aliphatic heterocycles. The minimum atomic E-state index is -3.12. The van der Waals surface area contributed by atoms with E-state index in [4.69, 9.17) is 16.7 Å². The highest BCUT2D eigenvalue weighted by molar-refractivity contribution is 6.34. The smallest absolute Gasteiger partial charge is 0.344 e. The molecule has 0 amide bonds. The van der Waals surface area contributed by atoms with Crippen LogP contribution in [0.1, 0.15) is 22.5 Å². The van der Waals surface area contributed by atoms with Gasteiger partial charge in [0.15, 0.2) is 5.56 Å². The first-order valence-corrected chi connectivity index (χ1v) is 4.08. The first-order chi connectivity index (χ1) is 7.36. The number of carbonyl (C=O) groups is 1. The maximum Gasteiger partial charge on any atom is 0.344 e. The Morgan fingerprint density at radius 3 is 2.56 bits per heavy atom. The number of carboxylic acids is 1. The second kappa shape index (κ2) is 4.35. The summed E-state index contributed by atoms with van der Waals surface area (Å²) in [6, 6.07) is 0. The van der Waals surface area contributed by atoms with Gasteiger partial charge in [0.05, 0.1) is 4.92 Å². The molecule has 0 radical (unpaired) electrons. The Hall–Kier alpha value is -1.83. The van der Waals surface area contributed by atoms with E-state index in [1.54, 1.807) is 0 Å². The maximum absolute atomic E-state index is 12.3. The molecule has 1 aromatic rings. The van der Waals surface area contributed by atoms with Crippen molar-refractivity contribution >= 4 is 23.3 Å². The maximum atomic E-state index is 12.3. The van der Waals surface area contributed by atoms with Crippen LogP contribution in [0.5, 0.6) is 0 Å². The molecule has 86 valence electrons. The van der Waals surface area contributed by atoms with Crippen LogP contribution in [0, 0.1) is 10.1 Å². The zero-order chi connectivity index (χ0) is 12.5. The molecule has 1 rings (SSSR count). The molecule has 0 saturated carbocycles. The van der Waals surface area contributed by atoms with Crippen LogP contribution in [0.2, 0.25) is 5.02 Å². The Morgan fingerprint density at radius 2 is 2.19 bits per heavy atom. The van der Waals surface area contributed by atoms with E-state index in [9.17, 15) is 23.7 Å². The molecule has 0 aliphatic rings. The molecule has 16 heavy (non-hydrogen) atoms. The summed E-state index contributed by atoms with van der Waals surface area (Å²) in [5.41, 5.74) is -2.93. The lowest BCUT2D eigenvalue weighted by molar-refractivity contribution is -0.385. The summed E-state index contributed by atoms with van der Waals surface area (Å²) in [4.78, 5) is 23.0. The fraction of sp³-hybridized carbons (Fsp3) is 0.143. The van der Waals surface area contributed by atoms with Crippen LogP contribution >= 0.6 is 11.6 Å². The largest absolute Gasteiger partial charge is 0.477 e. The average Bonchev–Trinajstić information content (AvgIpc) is 2.15. The summed E-state index contributed by atoms with van der Waals surface area (Å²) >= 11 is 5.30. The quantitative estimate of drug-likeness (QED) is 0.658. The normalized spacial score (nSPS) is 10.5. The Labute approximate surface area is 91.6 Å². The van der Waals surface area contributed by atoms with Crippen molar-refractivity contribution in [3.8, 4) is 0 Å². The van der Waals surface area contributed by atoms with Gasteiger partial charge in [-0.25, -0.2) is 13.6 Å². The van der Waals surface area contributed by atoms with Crippen molar-refractivity contribution in [3.05, 3.63) is 32.6 Å². The zero-order valence-corrected chi connectivity index (χ0v) is 8.11. The number of hydrogen-bond acceptors (Lipinski definition) is 4. The van der Waals surface area contributed by atoms with Crippen molar-refractivity contribution in [3.63, 3.8) is 0 Å². The first-order valence-electron chi connectivity index (χ1n) is 3.70. The Bertz CT molecular complexity index is 466. The van der Waals surface area contributed by atoms with Crippen LogP contribution in [-0.2, 0) is 0 Å². The van der Waals surface area contributed by atoms with Crippen molar-refractivity contribution in [2.45, 2.75) is 6.43 Å². The van der Waals surface area contributed by atoms with E-state index in [2.05, 4.69) is 4.98 Å². The van der Waals surface area contributed by atoms with Gasteiger partial charge in [-0.05, 0) is 0 Å². The van der Waals surface area contributed by atoms with Crippen molar-refractivity contribution in [1.29, 1.82) is 0 Å². The van der Waals surface area contributed by atoms with Crippen LogP contribution in [0.3, 0.4) is 0 Å². The van der Waals surface area contributed by atoms with Crippen LogP contribution in [0.4, 0.5) is 14.5 Å². The van der Waals surface area contributed by atoms with Crippen LogP contribution in [-0.4, -0.2) is 21.0 Å². The van der Waals surface area contributed by atoms with E-state index in [1.165, 1.54) is 0 Å². The molecule has 0 fully saturated rings. The summed E-state index contributed by atoms with van der Waals surface area (Å²) in [5, 5.41) is 18.1. The van der Waals surface area contributed by atoms with Gasteiger partial charge < -0.3 is 5.11 Å². The molecule has 0 aromatic carbocycles. The third-order valence-electron chi connectivity index (χ3n) is 1.64. The molecule has 0 aliphatic carbocycles. The summed E-state index contributed by atoms with van der Waals surface area (Å²) in [5.74, 6) is -1.66. The zero-order valence-electron chi connectivity index (χ0n) is 7.35. The summed E-state index contributed by atoms with van der Waals surface area (Å²) in [6.07, 6.45) is -2.64. The van der Waals surface area contributed by atoms with Crippen LogP contribution < -0.4 is 0 Å². The van der Waals surface area contributed by atoms with Crippen LogP contribution in [0.25, 0.3) is 0 Å². The molecule has 0 spiro atoms. The van der Waals surface area contributed by atoms with Crippen LogP contribution in [0.15, 0.2) is 6.20 Å². The van der Waals surface area contributed by atoms with E-state index in [-0.39, 0.29) is 0 Å². The highest BCUT2D eigenvalue weighted by atomic mass is 35.5. The van der Waals surface area contributed by atoms with Gasteiger partial charge in [-0.3, -0.25) is 15.1 Å². The number of pyridine rings is 1. The second-order valence-electron chi connectivity index (χ2n) is 2.58. The topological polar surface area (TPSA) is 93.3 Å². The molecule has 0 saturated heterocycles. The van der Waals surface area contributed by atoms with Crippen molar-refractivity contribution in [2.75, 3.05) is 0 Å². The van der Waals surface area contributed by atoms with Gasteiger partial charge in [-0.15, -0.1) is 0 Å². The van der Waals surface area contributed by atoms with E-state index in [0.717, 1.165) is 0 Å². The molecule has 1 heterocycles. The number of alkyl halides is 2. The van der Waals surface area contributed by atoms with Crippen molar-refractivity contribution < 1.29 is 23.6 Å². The van der Waals surface area contributed by atoms with E-state index in [0.29, 0.717) is 6.20 Å². The molecule has 1 aromatic heterocycles. The van der Waals surface area contributed by atoms with E-state index in [1.807, 2.05) is 0 Å². The third kappa shape index (κ3) is 2.06. The number of aromatic nitrogens is 1. The molecule has 0 atom stereocenters. The lowest BCUT2D eigenvalue weighted by atomic mass is 10.2. The monoisotopic (exact) mass is 252 g/mol. The molecule has 6 nitrogen and oxygen atoms in total. The second-order valence-corrected chi connectivity index (χ2v) is 2.96.